The van der Waals surface area contributed by atoms with Crippen molar-refractivity contribution >= 4 is 6.21 Å². The second-order valence-electron chi connectivity index (χ2n) is 2.57. The van der Waals surface area contributed by atoms with Crippen LogP contribution in [0.4, 0.5) is 0 Å². The summed E-state index contributed by atoms with van der Waals surface area (Å²) in [6.45, 7) is 0. The molecule has 0 aliphatic carbocycles. The van der Waals surface area contributed by atoms with E-state index in [1.165, 1.54) is 6.21 Å². The van der Waals surface area contributed by atoms with Gasteiger partial charge in [0.05, 0.1) is 0 Å². The first-order chi connectivity index (χ1) is 4.70. The van der Waals surface area contributed by atoms with Crippen LogP contribution in [0.25, 0.3) is 0 Å². The zero-order valence-corrected chi connectivity index (χ0v) is 6.28. The third kappa shape index (κ3) is 1.60. The van der Waals surface area contributed by atoms with Crippen LogP contribution in [0.5, 0.6) is 0 Å². The summed E-state index contributed by atoms with van der Waals surface area (Å²) in [5, 5.41) is 10.6. The molecule has 0 aromatic carbocycles. The van der Waals surface area contributed by atoms with Gasteiger partial charge in [-0.25, -0.2) is 0 Å². The molecule has 0 amide bonds. The second-order valence-corrected chi connectivity index (χ2v) is 2.57. The summed E-state index contributed by atoms with van der Waals surface area (Å²) in [4.78, 5) is 7.32. The molecule has 0 spiro atoms. The fraction of sp³-hybridized carbons (Fsp3) is 0.833. The minimum absolute atomic E-state index is 0.0532. The molecule has 1 rings (SSSR count). The van der Waals surface area contributed by atoms with Crippen molar-refractivity contribution in [3.05, 3.63) is 5.21 Å². The molecule has 4 nitrogen and oxygen atoms in total. The molecule has 10 heavy (non-hydrogen) atoms. The maximum absolute atomic E-state index is 10.6. The van der Waals surface area contributed by atoms with E-state index >= 15 is 0 Å². The molecule has 58 valence electrons. The van der Waals surface area contributed by atoms with E-state index in [1.807, 2.05) is 19.0 Å². The van der Waals surface area contributed by atoms with Gasteiger partial charge < -0.3 is 4.84 Å². The molecule has 1 aliphatic rings. The Morgan fingerprint density at radius 2 is 2.40 bits per heavy atom. The van der Waals surface area contributed by atoms with Gasteiger partial charge in [-0.2, -0.15) is 0 Å². The topological polar surface area (TPSA) is 38.5 Å². The van der Waals surface area contributed by atoms with Crippen molar-refractivity contribution < 1.29 is 9.74 Å². The van der Waals surface area contributed by atoms with E-state index in [0.717, 1.165) is 12.8 Å². The lowest BCUT2D eigenvalue weighted by Gasteiger charge is -2.27. The quantitative estimate of drug-likeness (QED) is 0.493. The minimum atomic E-state index is -0.0532. The van der Waals surface area contributed by atoms with E-state index in [4.69, 9.17) is 4.84 Å². The van der Waals surface area contributed by atoms with Crippen molar-refractivity contribution in [2.24, 2.45) is 0 Å². The van der Waals surface area contributed by atoms with Gasteiger partial charge >= 0.3 is 0 Å². The summed E-state index contributed by atoms with van der Waals surface area (Å²) in [5.41, 5.74) is 0. The lowest BCUT2D eigenvalue weighted by atomic mass is 10.3. The van der Waals surface area contributed by atoms with Crippen molar-refractivity contribution in [1.29, 1.82) is 0 Å². The molecule has 1 atom stereocenters. The first kappa shape index (κ1) is 7.34. The smallest absolute Gasteiger partial charge is 0.210 e. The predicted molar refractivity (Wildman–Crippen MR) is 37.5 cm³/mol. The fourth-order valence-corrected chi connectivity index (χ4v) is 0.891. The van der Waals surface area contributed by atoms with E-state index in [9.17, 15) is 5.21 Å². The summed E-state index contributed by atoms with van der Waals surface area (Å²) in [6, 6.07) is 0. The Bertz CT molecular complexity index is 145. The SMILES string of the molecule is CN(C)[C@H]1CCC=[N+]([O-])O1. The van der Waals surface area contributed by atoms with E-state index < -0.39 is 0 Å². The summed E-state index contributed by atoms with van der Waals surface area (Å²) in [7, 11) is 3.79. The van der Waals surface area contributed by atoms with Crippen molar-refractivity contribution in [2.75, 3.05) is 14.1 Å². The number of hydrogen-bond acceptors (Lipinski definition) is 3. The molecule has 1 aliphatic heterocycles. The van der Waals surface area contributed by atoms with Crippen LogP contribution in [0.1, 0.15) is 12.8 Å². The molecule has 0 saturated carbocycles. The number of hydrogen-bond donors (Lipinski definition) is 0. The maximum Gasteiger partial charge on any atom is 0.210 e. The largest absolute Gasteiger partial charge is 0.385 e. The molecule has 0 fully saturated rings. The van der Waals surface area contributed by atoms with Gasteiger partial charge in [0.1, 0.15) is 6.23 Å². The van der Waals surface area contributed by atoms with Crippen LogP contribution < -0.4 is 0 Å². The zero-order chi connectivity index (χ0) is 7.56. The van der Waals surface area contributed by atoms with Gasteiger partial charge in [-0.1, -0.05) is 0 Å². The summed E-state index contributed by atoms with van der Waals surface area (Å²) in [5.74, 6) is 0. The first-order valence-corrected chi connectivity index (χ1v) is 3.33. The van der Waals surface area contributed by atoms with Crippen LogP contribution in [-0.2, 0) is 4.84 Å². The van der Waals surface area contributed by atoms with Gasteiger partial charge in [0.15, 0.2) is 0 Å². The van der Waals surface area contributed by atoms with Gasteiger partial charge in [-0.3, -0.25) is 10.1 Å². The van der Waals surface area contributed by atoms with E-state index in [2.05, 4.69) is 0 Å². The molecule has 0 unspecified atom stereocenters. The van der Waals surface area contributed by atoms with Crippen molar-refractivity contribution in [3.8, 4) is 0 Å². The first-order valence-electron chi connectivity index (χ1n) is 3.33. The Labute approximate surface area is 60.2 Å². The summed E-state index contributed by atoms with van der Waals surface area (Å²) >= 11 is 0. The van der Waals surface area contributed by atoms with E-state index in [0.29, 0.717) is 4.90 Å². The van der Waals surface area contributed by atoms with Crippen molar-refractivity contribution in [2.45, 2.75) is 19.1 Å². The third-order valence-corrected chi connectivity index (χ3v) is 1.49. The van der Waals surface area contributed by atoms with Crippen molar-refractivity contribution in [3.63, 3.8) is 0 Å². The molecule has 0 N–H and O–H groups in total. The highest BCUT2D eigenvalue weighted by molar-refractivity contribution is 5.51. The fourth-order valence-electron chi connectivity index (χ4n) is 0.891. The Kier molecular flexibility index (Phi) is 2.11. The van der Waals surface area contributed by atoms with Crippen LogP contribution in [0, 0.1) is 5.21 Å². The average Bonchev–Trinajstić information content (AvgIpc) is 1.88. The Morgan fingerprint density at radius 3 is 2.80 bits per heavy atom. The Morgan fingerprint density at radius 1 is 1.70 bits per heavy atom. The third-order valence-electron chi connectivity index (χ3n) is 1.49. The average molecular weight is 144 g/mol. The molecular weight excluding hydrogens is 132 g/mol. The molecule has 0 aromatic heterocycles. The van der Waals surface area contributed by atoms with Gasteiger partial charge in [-0.15, -0.1) is 0 Å². The highest BCUT2D eigenvalue weighted by Gasteiger charge is 2.15. The molecule has 0 radical (unpaired) electrons. The normalized spacial score (nSPS) is 25.9. The molecule has 4 heteroatoms. The molecular formula is C6H12N2O2. The molecule has 0 bridgehead atoms. The van der Waals surface area contributed by atoms with Crippen LogP contribution >= 0.6 is 0 Å². The highest BCUT2D eigenvalue weighted by atomic mass is 16.9. The van der Waals surface area contributed by atoms with Crippen molar-refractivity contribution in [1.82, 2.24) is 4.90 Å². The monoisotopic (exact) mass is 144 g/mol. The van der Waals surface area contributed by atoms with Crippen LogP contribution in [0.15, 0.2) is 0 Å². The molecule has 1 heterocycles. The van der Waals surface area contributed by atoms with Crippen LogP contribution in [-0.4, -0.2) is 36.3 Å². The van der Waals surface area contributed by atoms with Crippen LogP contribution in [0.2, 0.25) is 0 Å². The molecule has 0 saturated heterocycles. The highest BCUT2D eigenvalue weighted by Crippen LogP contribution is 2.07. The maximum atomic E-state index is 10.6. The van der Waals surface area contributed by atoms with Gasteiger partial charge in [0.25, 0.3) is 0 Å². The molecule has 0 aromatic rings. The van der Waals surface area contributed by atoms with E-state index in [-0.39, 0.29) is 6.23 Å². The summed E-state index contributed by atoms with van der Waals surface area (Å²) < 4.78 is 0. The van der Waals surface area contributed by atoms with Gasteiger partial charge in [0.2, 0.25) is 6.21 Å². The standard InChI is InChI=1S/C6H12N2O2/c1-7(2)6-4-3-5-8(9)10-6/h5-6H,3-4H2,1-2H3/t6-/m1/s1. The number of nitrogens with zero attached hydrogens (tertiary/aromatic N) is 2. The second kappa shape index (κ2) is 2.88. The van der Waals surface area contributed by atoms with Gasteiger partial charge in [-0.05, 0) is 20.5 Å². The summed E-state index contributed by atoms with van der Waals surface area (Å²) in [6.07, 6.45) is 3.14. The van der Waals surface area contributed by atoms with Gasteiger partial charge in [0, 0.05) is 11.3 Å². The van der Waals surface area contributed by atoms with Crippen LogP contribution in [0.3, 0.4) is 0 Å². The van der Waals surface area contributed by atoms with E-state index in [1.54, 1.807) is 0 Å². The lowest BCUT2D eigenvalue weighted by molar-refractivity contribution is -0.760. The zero-order valence-electron chi connectivity index (χ0n) is 6.28. The number of rotatable bonds is 1. The Hall–Kier alpha value is -0.770. The Balaban J connectivity index is 2.45. The predicted octanol–water partition coefficient (Wildman–Crippen LogP) is 0.181. The minimum Gasteiger partial charge on any atom is -0.385 e. The lowest BCUT2D eigenvalue weighted by Crippen LogP contribution is -2.36.